The summed E-state index contributed by atoms with van der Waals surface area (Å²) in [4.78, 5) is 39.1. The van der Waals surface area contributed by atoms with Crippen LogP contribution in [0.25, 0.3) is 10.9 Å². The van der Waals surface area contributed by atoms with Crippen molar-refractivity contribution in [3.8, 4) is 0 Å². The number of nitrogens with one attached hydrogen (secondary N) is 2. The van der Waals surface area contributed by atoms with Crippen LogP contribution in [-0.4, -0.2) is 15.5 Å². The molecule has 2 N–H and O–H groups in total. The topological polar surface area (TPSA) is 84.0 Å². The molecule has 0 atom stereocenters. The van der Waals surface area contributed by atoms with Crippen LogP contribution in [0, 0.1) is 0 Å². The van der Waals surface area contributed by atoms with Gasteiger partial charge in [-0.15, -0.1) is 0 Å². The van der Waals surface area contributed by atoms with E-state index in [1.807, 2.05) is 18.2 Å². The zero-order chi connectivity index (χ0) is 17.8. The Hall–Kier alpha value is -2.86. The summed E-state index contributed by atoms with van der Waals surface area (Å²) in [6.07, 6.45) is 0.0196. The first kappa shape index (κ1) is 17.0. The molecule has 0 aliphatic rings. The Morgan fingerprint density at radius 2 is 1.80 bits per heavy atom. The van der Waals surface area contributed by atoms with Crippen LogP contribution in [0.3, 0.4) is 0 Å². The predicted octanol–water partition coefficient (Wildman–Crippen LogP) is 2.05. The number of H-pyrrole nitrogens is 1. The molecule has 0 fully saturated rings. The van der Waals surface area contributed by atoms with Crippen molar-refractivity contribution in [1.82, 2.24) is 14.9 Å². The third kappa shape index (κ3) is 3.80. The maximum Gasteiger partial charge on any atom is 0.328 e. The average Bonchev–Trinajstić information content (AvgIpc) is 2.61. The SMILES string of the molecule is O=C(CCn1c(=O)[nH]c2ccccc2c1=O)NCc1ccccc1Cl. The molecule has 25 heavy (non-hydrogen) atoms. The second-order valence-corrected chi connectivity index (χ2v) is 5.96. The second kappa shape index (κ2) is 7.36. The van der Waals surface area contributed by atoms with E-state index in [1.165, 1.54) is 0 Å². The van der Waals surface area contributed by atoms with Gasteiger partial charge in [0, 0.05) is 24.5 Å². The molecule has 1 heterocycles. The molecule has 6 nitrogen and oxygen atoms in total. The quantitative estimate of drug-likeness (QED) is 0.733. The highest BCUT2D eigenvalue weighted by molar-refractivity contribution is 6.31. The third-order valence-electron chi connectivity index (χ3n) is 3.89. The van der Waals surface area contributed by atoms with E-state index in [-0.39, 0.29) is 18.9 Å². The molecular weight excluding hydrogens is 342 g/mol. The largest absolute Gasteiger partial charge is 0.352 e. The third-order valence-corrected chi connectivity index (χ3v) is 4.25. The molecule has 0 aliphatic heterocycles. The summed E-state index contributed by atoms with van der Waals surface area (Å²) in [6.45, 7) is 0.300. The number of hydrogen-bond acceptors (Lipinski definition) is 3. The first-order chi connectivity index (χ1) is 12.1. The number of amides is 1. The lowest BCUT2D eigenvalue weighted by Crippen LogP contribution is -2.36. The Morgan fingerprint density at radius 1 is 1.08 bits per heavy atom. The molecule has 0 spiro atoms. The zero-order valence-electron chi connectivity index (χ0n) is 13.3. The van der Waals surface area contributed by atoms with Crippen molar-refractivity contribution in [2.45, 2.75) is 19.5 Å². The van der Waals surface area contributed by atoms with E-state index in [0.717, 1.165) is 10.1 Å². The number of carbonyl (C=O) groups is 1. The highest BCUT2D eigenvalue weighted by Gasteiger charge is 2.09. The number of rotatable bonds is 5. The fraction of sp³-hybridized carbons (Fsp3) is 0.167. The molecule has 2 aromatic carbocycles. The molecule has 0 aliphatic carbocycles. The van der Waals surface area contributed by atoms with Gasteiger partial charge in [0.2, 0.25) is 5.91 Å². The minimum absolute atomic E-state index is 0.00730. The Morgan fingerprint density at radius 3 is 2.60 bits per heavy atom. The minimum Gasteiger partial charge on any atom is -0.352 e. The van der Waals surface area contributed by atoms with Crippen LogP contribution in [0.5, 0.6) is 0 Å². The molecule has 0 bridgehead atoms. The summed E-state index contributed by atoms with van der Waals surface area (Å²) in [5, 5.41) is 3.72. The molecule has 0 saturated carbocycles. The molecular formula is C18H16ClN3O3. The number of aromatic nitrogens is 2. The van der Waals surface area contributed by atoms with Crippen molar-refractivity contribution >= 4 is 28.4 Å². The monoisotopic (exact) mass is 357 g/mol. The number of aromatic amines is 1. The molecule has 3 rings (SSSR count). The van der Waals surface area contributed by atoms with Gasteiger partial charge in [0.25, 0.3) is 5.56 Å². The fourth-order valence-electron chi connectivity index (χ4n) is 2.54. The first-order valence-corrected chi connectivity index (χ1v) is 8.16. The lowest BCUT2D eigenvalue weighted by Gasteiger charge is -2.08. The van der Waals surface area contributed by atoms with Gasteiger partial charge in [0.15, 0.2) is 0 Å². The van der Waals surface area contributed by atoms with E-state index < -0.39 is 11.2 Å². The van der Waals surface area contributed by atoms with Crippen molar-refractivity contribution in [3.63, 3.8) is 0 Å². The number of halogens is 1. The lowest BCUT2D eigenvalue weighted by atomic mass is 10.2. The summed E-state index contributed by atoms with van der Waals surface area (Å²) >= 11 is 6.04. The van der Waals surface area contributed by atoms with Crippen LogP contribution < -0.4 is 16.6 Å². The van der Waals surface area contributed by atoms with Crippen LogP contribution in [0.1, 0.15) is 12.0 Å². The molecule has 3 aromatic rings. The molecule has 0 radical (unpaired) electrons. The summed E-state index contributed by atoms with van der Waals surface area (Å²) in [6, 6.07) is 14.0. The van der Waals surface area contributed by atoms with E-state index in [4.69, 9.17) is 11.6 Å². The first-order valence-electron chi connectivity index (χ1n) is 7.78. The van der Waals surface area contributed by atoms with E-state index >= 15 is 0 Å². The Labute approximate surface area is 148 Å². The van der Waals surface area contributed by atoms with Crippen molar-refractivity contribution in [2.24, 2.45) is 0 Å². The van der Waals surface area contributed by atoms with Crippen molar-refractivity contribution < 1.29 is 4.79 Å². The average molecular weight is 358 g/mol. The van der Waals surface area contributed by atoms with Crippen molar-refractivity contribution in [3.05, 3.63) is 80.0 Å². The maximum absolute atomic E-state index is 12.4. The van der Waals surface area contributed by atoms with Gasteiger partial charge >= 0.3 is 5.69 Å². The number of benzene rings is 2. The van der Waals surface area contributed by atoms with Crippen molar-refractivity contribution in [1.29, 1.82) is 0 Å². The van der Waals surface area contributed by atoms with E-state index in [1.54, 1.807) is 30.3 Å². The standard InChI is InChI=1S/C18H16ClN3O3/c19-14-7-3-1-5-12(14)11-20-16(23)9-10-22-17(24)13-6-2-4-8-15(13)21-18(22)25/h1-8H,9-11H2,(H,20,23)(H,21,25). The van der Waals surface area contributed by atoms with Gasteiger partial charge in [-0.3, -0.25) is 14.2 Å². The van der Waals surface area contributed by atoms with E-state index in [0.29, 0.717) is 22.5 Å². The fourth-order valence-corrected chi connectivity index (χ4v) is 2.74. The summed E-state index contributed by atoms with van der Waals surface area (Å²) in [5.41, 5.74) is 0.357. The normalized spacial score (nSPS) is 10.8. The van der Waals surface area contributed by atoms with Crippen LogP contribution in [-0.2, 0) is 17.9 Å². The summed E-state index contributed by atoms with van der Waals surface area (Å²) in [5.74, 6) is -0.264. The maximum atomic E-state index is 12.4. The van der Waals surface area contributed by atoms with E-state index in [2.05, 4.69) is 10.3 Å². The lowest BCUT2D eigenvalue weighted by molar-refractivity contribution is -0.121. The van der Waals surface area contributed by atoms with E-state index in [9.17, 15) is 14.4 Å². The number of carbonyl (C=O) groups excluding carboxylic acids is 1. The van der Waals surface area contributed by atoms with Crippen molar-refractivity contribution in [2.75, 3.05) is 0 Å². The van der Waals surface area contributed by atoms with Crippen LogP contribution in [0.2, 0.25) is 5.02 Å². The van der Waals surface area contributed by atoms with Gasteiger partial charge in [-0.2, -0.15) is 0 Å². The Kier molecular flexibility index (Phi) is 5.00. The number of fused-ring (bicyclic) bond motifs is 1. The molecule has 1 aromatic heterocycles. The summed E-state index contributed by atoms with van der Waals surface area (Å²) in [7, 11) is 0. The molecule has 7 heteroatoms. The van der Waals surface area contributed by atoms with Gasteiger partial charge in [-0.05, 0) is 23.8 Å². The van der Waals surface area contributed by atoms with Crippen LogP contribution in [0.15, 0.2) is 58.1 Å². The van der Waals surface area contributed by atoms with Gasteiger partial charge in [0.05, 0.1) is 10.9 Å². The van der Waals surface area contributed by atoms with Gasteiger partial charge in [-0.1, -0.05) is 41.9 Å². The van der Waals surface area contributed by atoms with Gasteiger partial charge < -0.3 is 10.3 Å². The Balaban J connectivity index is 1.68. The minimum atomic E-state index is -0.525. The number of hydrogen-bond donors (Lipinski definition) is 2. The smallest absolute Gasteiger partial charge is 0.328 e. The zero-order valence-corrected chi connectivity index (χ0v) is 14.0. The molecule has 128 valence electrons. The molecule has 1 amide bonds. The Bertz CT molecular complexity index is 1040. The van der Waals surface area contributed by atoms with Gasteiger partial charge in [0.1, 0.15) is 0 Å². The van der Waals surface area contributed by atoms with Crippen LogP contribution >= 0.6 is 11.6 Å². The second-order valence-electron chi connectivity index (χ2n) is 5.55. The number of nitrogens with zero attached hydrogens (tertiary/aromatic N) is 1. The van der Waals surface area contributed by atoms with Crippen LogP contribution in [0.4, 0.5) is 0 Å². The summed E-state index contributed by atoms with van der Waals surface area (Å²) < 4.78 is 1.04. The molecule has 0 unspecified atom stereocenters. The highest BCUT2D eigenvalue weighted by Crippen LogP contribution is 2.14. The highest BCUT2D eigenvalue weighted by atomic mass is 35.5. The van der Waals surface area contributed by atoms with Gasteiger partial charge in [-0.25, -0.2) is 4.79 Å². The molecule has 0 saturated heterocycles. The predicted molar refractivity (Wildman–Crippen MR) is 96.7 cm³/mol. The number of para-hydroxylation sites is 1.